The van der Waals surface area contributed by atoms with Gasteiger partial charge in [0, 0.05) is 10.0 Å². The van der Waals surface area contributed by atoms with Gasteiger partial charge in [0.2, 0.25) is 5.91 Å². The summed E-state index contributed by atoms with van der Waals surface area (Å²) in [6.07, 6.45) is 1.79. The van der Waals surface area contributed by atoms with E-state index in [4.69, 9.17) is 5.73 Å². The lowest BCUT2D eigenvalue weighted by molar-refractivity contribution is -0.112. The molecule has 2 N–H and O–H groups in total. The molecule has 0 unspecified atom stereocenters. The van der Waals surface area contributed by atoms with Gasteiger partial charge in [-0.2, -0.15) is 0 Å². The standard InChI is InChI=1S/C15H12BrNO/c16-14-9-5-4-8-12(14)10-13(15(17)18)11-6-2-1-3-7-11/h1-10H,(H2,17,18)/b13-10-. The maximum atomic E-state index is 11.6. The van der Waals surface area contributed by atoms with Crippen LogP contribution in [0.15, 0.2) is 59.1 Å². The maximum Gasteiger partial charge on any atom is 0.249 e. The second-order valence-electron chi connectivity index (χ2n) is 3.81. The fourth-order valence-electron chi connectivity index (χ4n) is 1.66. The lowest BCUT2D eigenvalue weighted by atomic mass is 10.0. The first-order chi connectivity index (χ1) is 8.68. The van der Waals surface area contributed by atoms with Gasteiger partial charge in [-0.3, -0.25) is 4.79 Å². The van der Waals surface area contributed by atoms with E-state index < -0.39 is 5.91 Å². The second kappa shape index (κ2) is 5.65. The van der Waals surface area contributed by atoms with Gasteiger partial charge in [-0.25, -0.2) is 0 Å². The Morgan fingerprint density at radius 3 is 2.22 bits per heavy atom. The number of halogens is 1. The smallest absolute Gasteiger partial charge is 0.249 e. The van der Waals surface area contributed by atoms with Crippen LogP contribution in [0.3, 0.4) is 0 Å². The van der Waals surface area contributed by atoms with Gasteiger partial charge in [-0.05, 0) is 23.3 Å². The van der Waals surface area contributed by atoms with Gasteiger partial charge in [-0.15, -0.1) is 0 Å². The van der Waals surface area contributed by atoms with E-state index in [-0.39, 0.29) is 0 Å². The minimum absolute atomic E-state index is 0.433. The van der Waals surface area contributed by atoms with Crippen LogP contribution in [-0.4, -0.2) is 5.91 Å². The zero-order valence-corrected chi connectivity index (χ0v) is 11.2. The minimum Gasteiger partial charge on any atom is -0.366 e. The molecule has 90 valence electrons. The summed E-state index contributed by atoms with van der Waals surface area (Å²) in [7, 11) is 0. The van der Waals surface area contributed by atoms with Crippen molar-refractivity contribution in [2.75, 3.05) is 0 Å². The normalized spacial score (nSPS) is 11.3. The SMILES string of the molecule is NC(=O)/C(=C\c1ccccc1Br)c1ccccc1. The average Bonchev–Trinajstić information content (AvgIpc) is 2.38. The fraction of sp³-hybridized carbons (Fsp3) is 0. The lowest BCUT2D eigenvalue weighted by Gasteiger charge is -2.05. The molecule has 0 bridgehead atoms. The number of primary amides is 1. The van der Waals surface area contributed by atoms with Crippen molar-refractivity contribution < 1.29 is 4.79 Å². The van der Waals surface area contributed by atoms with E-state index >= 15 is 0 Å². The molecule has 2 aromatic rings. The summed E-state index contributed by atoms with van der Waals surface area (Å²) < 4.78 is 0.930. The first-order valence-electron chi connectivity index (χ1n) is 5.50. The number of hydrogen-bond acceptors (Lipinski definition) is 1. The summed E-state index contributed by atoms with van der Waals surface area (Å²) in [6, 6.07) is 17.1. The monoisotopic (exact) mass is 301 g/mol. The van der Waals surface area contributed by atoms with Gasteiger partial charge in [0.05, 0.1) is 0 Å². The van der Waals surface area contributed by atoms with Gasteiger partial charge < -0.3 is 5.73 Å². The van der Waals surface area contributed by atoms with Gasteiger partial charge in [-0.1, -0.05) is 64.5 Å². The van der Waals surface area contributed by atoms with Crippen LogP contribution in [0.25, 0.3) is 11.6 Å². The molecule has 0 aromatic heterocycles. The van der Waals surface area contributed by atoms with Crippen molar-refractivity contribution in [1.82, 2.24) is 0 Å². The zero-order valence-electron chi connectivity index (χ0n) is 9.64. The molecule has 0 aliphatic carbocycles. The van der Waals surface area contributed by atoms with Crippen molar-refractivity contribution in [1.29, 1.82) is 0 Å². The van der Waals surface area contributed by atoms with Crippen molar-refractivity contribution in [3.05, 3.63) is 70.2 Å². The summed E-state index contributed by atoms with van der Waals surface area (Å²) in [5.41, 5.74) is 7.69. The van der Waals surface area contributed by atoms with E-state index in [9.17, 15) is 4.79 Å². The van der Waals surface area contributed by atoms with Crippen molar-refractivity contribution in [2.45, 2.75) is 0 Å². The van der Waals surface area contributed by atoms with E-state index in [1.54, 1.807) is 6.08 Å². The number of hydrogen-bond donors (Lipinski definition) is 1. The van der Waals surface area contributed by atoms with Crippen LogP contribution in [0, 0.1) is 0 Å². The first-order valence-corrected chi connectivity index (χ1v) is 6.29. The van der Waals surface area contributed by atoms with E-state index in [0.717, 1.165) is 15.6 Å². The molecule has 1 amide bonds. The molecule has 2 rings (SSSR count). The molecule has 0 fully saturated rings. The summed E-state index contributed by atoms with van der Waals surface area (Å²) in [6.45, 7) is 0. The molecule has 0 radical (unpaired) electrons. The molecular weight excluding hydrogens is 290 g/mol. The Balaban J connectivity index is 2.50. The summed E-state index contributed by atoms with van der Waals surface area (Å²) in [5, 5.41) is 0. The Hall–Kier alpha value is -1.87. The van der Waals surface area contributed by atoms with E-state index in [2.05, 4.69) is 15.9 Å². The van der Waals surface area contributed by atoms with E-state index in [1.165, 1.54) is 0 Å². The van der Waals surface area contributed by atoms with Crippen LogP contribution in [0.2, 0.25) is 0 Å². The number of amides is 1. The minimum atomic E-state index is -0.433. The highest BCUT2D eigenvalue weighted by Crippen LogP contribution is 2.23. The van der Waals surface area contributed by atoms with Gasteiger partial charge in [0.1, 0.15) is 0 Å². The van der Waals surface area contributed by atoms with E-state index in [0.29, 0.717) is 5.57 Å². The molecule has 0 atom stereocenters. The lowest BCUT2D eigenvalue weighted by Crippen LogP contribution is -2.12. The van der Waals surface area contributed by atoms with E-state index in [1.807, 2.05) is 54.6 Å². The molecule has 0 saturated carbocycles. The Morgan fingerprint density at radius 2 is 1.61 bits per heavy atom. The third-order valence-corrected chi connectivity index (χ3v) is 3.28. The number of rotatable bonds is 3. The largest absolute Gasteiger partial charge is 0.366 e. The predicted octanol–water partition coefficient (Wildman–Crippen LogP) is 3.48. The van der Waals surface area contributed by atoms with Crippen molar-refractivity contribution in [2.24, 2.45) is 5.73 Å². The van der Waals surface area contributed by atoms with Crippen LogP contribution < -0.4 is 5.73 Å². The summed E-state index contributed by atoms with van der Waals surface area (Å²) in [4.78, 5) is 11.6. The molecule has 0 spiro atoms. The molecule has 0 aliphatic rings. The molecular formula is C15H12BrNO. The molecule has 18 heavy (non-hydrogen) atoms. The van der Waals surface area contributed by atoms with Crippen molar-refractivity contribution in [3.8, 4) is 0 Å². The van der Waals surface area contributed by atoms with Crippen LogP contribution >= 0.6 is 15.9 Å². The Labute approximate surface area is 114 Å². The Morgan fingerprint density at radius 1 is 1.00 bits per heavy atom. The third kappa shape index (κ3) is 2.87. The number of benzene rings is 2. The first kappa shape index (κ1) is 12.6. The molecule has 0 heterocycles. The zero-order chi connectivity index (χ0) is 13.0. The highest BCUT2D eigenvalue weighted by molar-refractivity contribution is 9.10. The maximum absolute atomic E-state index is 11.6. The molecule has 3 heteroatoms. The number of carbonyl (C=O) groups is 1. The molecule has 2 aromatic carbocycles. The third-order valence-electron chi connectivity index (χ3n) is 2.56. The Kier molecular flexibility index (Phi) is 3.95. The molecule has 0 saturated heterocycles. The summed E-state index contributed by atoms with van der Waals surface area (Å²) >= 11 is 3.45. The Bertz CT molecular complexity index is 590. The molecule has 2 nitrogen and oxygen atoms in total. The van der Waals surface area contributed by atoms with Gasteiger partial charge in [0.15, 0.2) is 0 Å². The van der Waals surface area contributed by atoms with Crippen LogP contribution in [-0.2, 0) is 4.79 Å². The fourth-order valence-corrected chi connectivity index (χ4v) is 2.06. The average molecular weight is 302 g/mol. The van der Waals surface area contributed by atoms with Gasteiger partial charge in [0.25, 0.3) is 0 Å². The van der Waals surface area contributed by atoms with Crippen molar-refractivity contribution >= 4 is 33.5 Å². The highest BCUT2D eigenvalue weighted by Gasteiger charge is 2.08. The number of nitrogens with two attached hydrogens (primary N) is 1. The van der Waals surface area contributed by atoms with Crippen LogP contribution in [0.1, 0.15) is 11.1 Å². The number of carbonyl (C=O) groups excluding carboxylic acids is 1. The van der Waals surface area contributed by atoms with Crippen molar-refractivity contribution in [3.63, 3.8) is 0 Å². The quantitative estimate of drug-likeness (QED) is 0.684. The van der Waals surface area contributed by atoms with Crippen LogP contribution in [0.5, 0.6) is 0 Å². The van der Waals surface area contributed by atoms with Crippen LogP contribution in [0.4, 0.5) is 0 Å². The van der Waals surface area contributed by atoms with Gasteiger partial charge >= 0.3 is 0 Å². The topological polar surface area (TPSA) is 43.1 Å². The highest BCUT2D eigenvalue weighted by atomic mass is 79.9. The molecule has 0 aliphatic heterocycles. The predicted molar refractivity (Wildman–Crippen MR) is 77.6 cm³/mol. The summed E-state index contributed by atoms with van der Waals surface area (Å²) in [5.74, 6) is -0.433. The second-order valence-corrected chi connectivity index (χ2v) is 4.66.